The number of hydrogen-bond acceptors (Lipinski definition) is 3. The van der Waals surface area contributed by atoms with Gasteiger partial charge in [0.2, 0.25) is 0 Å². The molecule has 0 aromatic heterocycles. The van der Waals surface area contributed by atoms with Crippen molar-refractivity contribution in [2.75, 3.05) is 0 Å². The summed E-state index contributed by atoms with van der Waals surface area (Å²) in [6.07, 6.45) is 9.93. The van der Waals surface area contributed by atoms with Crippen LogP contribution in [0.4, 0.5) is 0 Å². The summed E-state index contributed by atoms with van der Waals surface area (Å²) < 4.78 is 0. The number of carbonyl (C=O) groups is 1. The Morgan fingerprint density at radius 3 is 2.68 bits per heavy atom. The molecular weight excluding hydrogens is 274 g/mol. The Labute approximate surface area is 132 Å². The minimum atomic E-state index is -0.286. The molecule has 4 rings (SSSR count). The molecule has 4 aliphatic carbocycles. The maximum atomic E-state index is 12.2. The fraction of sp³-hybridized carbons (Fsp3) is 0.737. The first-order valence-corrected chi connectivity index (χ1v) is 8.74. The van der Waals surface area contributed by atoms with Gasteiger partial charge in [-0.1, -0.05) is 37.1 Å². The van der Waals surface area contributed by atoms with Crippen molar-refractivity contribution in [3.8, 4) is 0 Å². The number of rotatable bonds is 0. The number of Topliss-reactive ketones (excluding diaryl/α,β-unsaturated/α-hetero) is 1. The van der Waals surface area contributed by atoms with Gasteiger partial charge in [-0.3, -0.25) is 4.79 Å². The number of carbonyl (C=O) groups excluding carboxylic acids is 1. The molecule has 0 radical (unpaired) electrons. The van der Waals surface area contributed by atoms with Gasteiger partial charge in [0.15, 0.2) is 5.78 Å². The van der Waals surface area contributed by atoms with Crippen LogP contribution < -0.4 is 5.73 Å². The summed E-state index contributed by atoms with van der Waals surface area (Å²) in [5.41, 5.74) is 9.27. The highest BCUT2D eigenvalue weighted by molar-refractivity contribution is 5.88. The monoisotopic (exact) mass is 301 g/mol. The molecule has 6 atom stereocenters. The maximum Gasteiger partial charge on any atom is 0.150 e. The molecule has 0 heterocycles. The van der Waals surface area contributed by atoms with Gasteiger partial charge < -0.3 is 10.8 Å². The van der Waals surface area contributed by atoms with E-state index in [4.69, 9.17) is 5.73 Å². The van der Waals surface area contributed by atoms with Crippen molar-refractivity contribution >= 4 is 5.78 Å². The van der Waals surface area contributed by atoms with Gasteiger partial charge in [0.25, 0.3) is 0 Å². The lowest BCUT2D eigenvalue weighted by atomic mass is 9.51. The van der Waals surface area contributed by atoms with Gasteiger partial charge in [-0.2, -0.15) is 0 Å². The Morgan fingerprint density at radius 1 is 1.14 bits per heavy atom. The highest BCUT2D eigenvalue weighted by Gasteiger charge is 2.58. The van der Waals surface area contributed by atoms with E-state index >= 15 is 0 Å². The SMILES string of the molecule is C[C@]12CC[C@H]3C(=CC=C4C[C@@H](O)CC[C@@]43C)[C@@H]1CC(=O)[C@H]2N. The average molecular weight is 301 g/mol. The van der Waals surface area contributed by atoms with Crippen LogP contribution in [0.3, 0.4) is 0 Å². The summed E-state index contributed by atoms with van der Waals surface area (Å²) in [6, 6.07) is -0.286. The minimum Gasteiger partial charge on any atom is -0.393 e. The van der Waals surface area contributed by atoms with Gasteiger partial charge in [-0.05, 0) is 54.8 Å². The lowest BCUT2D eigenvalue weighted by molar-refractivity contribution is -0.119. The summed E-state index contributed by atoms with van der Waals surface area (Å²) in [6.45, 7) is 4.60. The molecule has 0 aliphatic heterocycles. The van der Waals surface area contributed by atoms with E-state index in [0.29, 0.717) is 18.3 Å². The molecule has 0 unspecified atom stereocenters. The third kappa shape index (κ3) is 1.73. The smallest absolute Gasteiger partial charge is 0.150 e. The Hall–Kier alpha value is -0.930. The average Bonchev–Trinajstić information content (AvgIpc) is 2.72. The Balaban J connectivity index is 1.76. The van der Waals surface area contributed by atoms with Crippen molar-refractivity contribution < 1.29 is 9.90 Å². The summed E-state index contributed by atoms with van der Waals surface area (Å²) in [5.74, 6) is 1.11. The predicted molar refractivity (Wildman–Crippen MR) is 86.1 cm³/mol. The molecule has 3 N–H and O–H groups in total. The fourth-order valence-electron chi connectivity index (χ4n) is 5.83. The molecule has 0 aromatic rings. The highest BCUT2D eigenvalue weighted by atomic mass is 16.3. The van der Waals surface area contributed by atoms with Crippen LogP contribution in [0.15, 0.2) is 23.3 Å². The van der Waals surface area contributed by atoms with Gasteiger partial charge in [0.05, 0.1) is 12.1 Å². The normalized spacial score (nSPS) is 50.6. The molecular formula is C19H27NO2. The van der Waals surface area contributed by atoms with Crippen LogP contribution in [0, 0.1) is 22.7 Å². The molecule has 0 saturated heterocycles. The van der Waals surface area contributed by atoms with Crippen molar-refractivity contribution in [1.82, 2.24) is 0 Å². The van der Waals surface area contributed by atoms with E-state index in [-0.39, 0.29) is 28.8 Å². The molecule has 0 bridgehead atoms. The van der Waals surface area contributed by atoms with E-state index in [2.05, 4.69) is 26.0 Å². The zero-order valence-electron chi connectivity index (χ0n) is 13.6. The van der Waals surface area contributed by atoms with Gasteiger partial charge in [0, 0.05) is 6.42 Å². The second kappa shape index (κ2) is 4.55. The fourth-order valence-corrected chi connectivity index (χ4v) is 5.83. The van der Waals surface area contributed by atoms with Crippen LogP contribution >= 0.6 is 0 Å². The summed E-state index contributed by atoms with van der Waals surface area (Å²) in [5, 5.41) is 10.00. The second-order valence-electron chi connectivity index (χ2n) is 8.47. The van der Waals surface area contributed by atoms with Gasteiger partial charge in [-0.15, -0.1) is 0 Å². The van der Waals surface area contributed by atoms with E-state index in [0.717, 1.165) is 32.1 Å². The van der Waals surface area contributed by atoms with Crippen molar-refractivity contribution in [2.45, 2.75) is 64.5 Å². The first-order chi connectivity index (χ1) is 10.4. The Bertz CT molecular complexity index is 592. The van der Waals surface area contributed by atoms with Crippen LogP contribution in [0.1, 0.15) is 52.4 Å². The van der Waals surface area contributed by atoms with Crippen molar-refractivity contribution in [3.05, 3.63) is 23.3 Å². The molecule has 0 amide bonds. The molecule has 0 aromatic carbocycles. The zero-order valence-corrected chi connectivity index (χ0v) is 13.6. The van der Waals surface area contributed by atoms with E-state index < -0.39 is 0 Å². The zero-order chi connectivity index (χ0) is 15.7. The summed E-state index contributed by atoms with van der Waals surface area (Å²) in [7, 11) is 0. The molecule has 3 fully saturated rings. The first kappa shape index (κ1) is 14.6. The standard InChI is InChI=1S/C19H27NO2/c1-18-7-5-12(21)9-11(18)3-4-13-14(18)6-8-19(2)15(13)10-16(22)17(19)20/h3-4,12,14-15,17,21H,5-10,20H2,1-2H3/t12-,14-,15-,17+,18-,19-/m0/s1. The van der Waals surface area contributed by atoms with Crippen LogP contribution in [0.5, 0.6) is 0 Å². The number of hydrogen-bond donors (Lipinski definition) is 2. The Morgan fingerprint density at radius 2 is 1.91 bits per heavy atom. The quantitative estimate of drug-likeness (QED) is 0.723. The van der Waals surface area contributed by atoms with Gasteiger partial charge in [0.1, 0.15) is 0 Å². The highest BCUT2D eigenvalue weighted by Crippen LogP contribution is 2.62. The molecule has 3 heteroatoms. The maximum absolute atomic E-state index is 12.2. The van der Waals surface area contributed by atoms with Gasteiger partial charge in [-0.25, -0.2) is 0 Å². The number of aliphatic hydroxyl groups excluding tert-OH is 1. The van der Waals surface area contributed by atoms with Crippen LogP contribution in [-0.4, -0.2) is 23.0 Å². The molecule has 4 aliphatic rings. The molecule has 22 heavy (non-hydrogen) atoms. The molecule has 3 saturated carbocycles. The van der Waals surface area contributed by atoms with E-state index in [1.165, 1.54) is 11.1 Å². The lowest BCUT2D eigenvalue weighted by Gasteiger charge is -2.54. The third-order valence-corrected chi connectivity index (χ3v) is 7.47. The molecule has 0 spiro atoms. The van der Waals surface area contributed by atoms with Crippen molar-refractivity contribution in [3.63, 3.8) is 0 Å². The van der Waals surface area contributed by atoms with Crippen LogP contribution in [-0.2, 0) is 4.79 Å². The van der Waals surface area contributed by atoms with Gasteiger partial charge >= 0.3 is 0 Å². The van der Waals surface area contributed by atoms with E-state index in [1.807, 2.05) is 0 Å². The number of nitrogens with two attached hydrogens (primary N) is 1. The topological polar surface area (TPSA) is 63.3 Å². The summed E-state index contributed by atoms with van der Waals surface area (Å²) >= 11 is 0. The largest absolute Gasteiger partial charge is 0.393 e. The second-order valence-corrected chi connectivity index (χ2v) is 8.47. The summed E-state index contributed by atoms with van der Waals surface area (Å²) in [4.78, 5) is 12.2. The number of allylic oxidation sites excluding steroid dienone is 3. The number of aliphatic hydroxyl groups is 1. The number of fused-ring (bicyclic) bond motifs is 5. The predicted octanol–water partition coefficient (Wildman–Crippen LogP) is 2.74. The Kier molecular flexibility index (Phi) is 3.03. The minimum absolute atomic E-state index is 0.0463. The van der Waals surface area contributed by atoms with Crippen molar-refractivity contribution in [2.24, 2.45) is 28.4 Å². The van der Waals surface area contributed by atoms with E-state index in [1.54, 1.807) is 0 Å². The molecule has 3 nitrogen and oxygen atoms in total. The van der Waals surface area contributed by atoms with E-state index in [9.17, 15) is 9.90 Å². The van der Waals surface area contributed by atoms with Crippen LogP contribution in [0.2, 0.25) is 0 Å². The lowest BCUT2D eigenvalue weighted by Crippen LogP contribution is -2.49. The first-order valence-electron chi connectivity index (χ1n) is 8.74. The number of ketones is 1. The third-order valence-electron chi connectivity index (χ3n) is 7.47. The van der Waals surface area contributed by atoms with Crippen LogP contribution in [0.25, 0.3) is 0 Å². The molecule has 120 valence electrons. The van der Waals surface area contributed by atoms with Crippen molar-refractivity contribution in [1.29, 1.82) is 0 Å².